The highest BCUT2D eigenvalue weighted by atomic mass is 79.9. The van der Waals surface area contributed by atoms with Gasteiger partial charge in [-0.15, -0.1) is 0 Å². The van der Waals surface area contributed by atoms with Crippen molar-refractivity contribution < 1.29 is 0 Å². The van der Waals surface area contributed by atoms with E-state index in [2.05, 4.69) is 42.9 Å². The number of nitrogens with zero attached hydrogens (tertiary/aromatic N) is 2. The third kappa shape index (κ3) is 2.96. The molecule has 0 aliphatic carbocycles. The van der Waals surface area contributed by atoms with Gasteiger partial charge in [-0.2, -0.15) is 5.26 Å². The number of aromatic nitrogens is 1. The van der Waals surface area contributed by atoms with E-state index in [-0.39, 0.29) is 0 Å². The van der Waals surface area contributed by atoms with Crippen LogP contribution in [0.4, 0.5) is 0 Å². The van der Waals surface area contributed by atoms with Gasteiger partial charge in [-0.3, -0.25) is 0 Å². The summed E-state index contributed by atoms with van der Waals surface area (Å²) in [5.41, 5.74) is 4.26. The van der Waals surface area contributed by atoms with Gasteiger partial charge in [0, 0.05) is 15.6 Å². The SMILES string of the molecule is N#Cc1c(-c2ccc(Br)cc2)cc(-c2ccccc2)nc1Br. The van der Waals surface area contributed by atoms with Crippen LogP contribution in [0.25, 0.3) is 22.4 Å². The van der Waals surface area contributed by atoms with Gasteiger partial charge < -0.3 is 0 Å². The maximum atomic E-state index is 9.45. The van der Waals surface area contributed by atoms with Crippen LogP contribution in [0.15, 0.2) is 69.7 Å². The number of halogens is 2. The Bertz CT molecular complexity index is 851. The van der Waals surface area contributed by atoms with Gasteiger partial charge >= 0.3 is 0 Å². The minimum Gasteiger partial charge on any atom is -0.239 e. The summed E-state index contributed by atoms with van der Waals surface area (Å²) in [4.78, 5) is 4.50. The number of hydrogen-bond donors (Lipinski definition) is 0. The van der Waals surface area contributed by atoms with E-state index in [1.54, 1.807) is 0 Å². The highest BCUT2D eigenvalue weighted by Gasteiger charge is 2.13. The molecule has 0 aliphatic rings. The van der Waals surface area contributed by atoms with Crippen molar-refractivity contribution in [3.05, 3.63) is 75.3 Å². The Kier molecular flexibility index (Phi) is 4.37. The fraction of sp³-hybridized carbons (Fsp3) is 0. The highest BCUT2D eigenvalue weighted by molar-refractivity contribution is 9.10. The molecule has 3 aromatic rings. The minimum absolute atomic E-state index is 0.544. The van der Waals surface area contributed by atoms with Crippen molar-refractivity contribution in [3.8, 4) is 28.5 Å². The molecule has 0 aliphatic heterocycles. The number of rotatable bonds is 2. The van der Waals surface area contributed by atoms with Gasteiger partial charge in [-0.05, 0) is 39.7 Å². The molecular weight excluding hydrogens is 404 g/mol. The lowest BCUT2D eigenvalue weighted by atomic mass is 9.99. The summed E-state index contributed by atoms with van der Waals surface area (Å²) < 4.78 is 1.57. The van der Waals surface area contributed by atoms with Gasteiger partial charge in [0.1, 0.15) is 10.7 Å². The molecule has 0 atom stereocenters. The number of hydrogen-bond acceptors (Lipinski definition) is 2. The van der Waals surface area contributed by atoms with E-state index in [4.69, 9.17) is 0 Å². The Balaban J connectivity index is 2.22. The smallest absolute Gasteiger partial charge is 0.125 e. The van der Waals surface area contributed by atoms with Crippen LogP contribution in [0.5, 0.6) is 0 Å². The summed E-state index contributed by atoms with van der Waals surface area (Å²) in [6.07, 6.45) is 0. The Morgan fingerprint density at radius 2 is 1.55 bits per heavy atom. The first kappa shape index (κ1) is 15.0. The Labute approximate surface area is 145 Å². The largest absolute Gasteiger partial charge is 0.239 e. The van der Waals surface area contributed by atoms with Crippen LogP contribution in [0.3, 0.4) is 0 Å². The summed E-state index contributed by atoms with van der Waals surface area (Å²) in [7, 11) is 0. The number of benzene rings is 2. The van der Waals surface area contributed by atoms with Crippen LogP contribution < -0.4 is 0 Å². The van der Waals surface area contributed by atoms with E-state index < -0.39 is 0 Å². The molecule has 0 saturated heterocycles. The van der Waals surface area contributed by atoms with Crippen molar-refractivity contribution in [2.24, 2.45) is 0 Å². The first-order valence-electron chi connectivity index (χ1n) is 6.61. The predicted octanol–water partition coefficient (Wildman–Crippen LogP) is 5.81. The molecule has 1 aromatic heterocycles. The van der Waals surface area contributed by atoms with E-state index in [1.807, 2.05) is 60.7 Å². The van der Waals surface area contributed by atoms with Gasteiger partial charge in [0.15, 0.2) is 0 Å². The molecule has 2 aromatic carbocycles. The van der Waals surface area contributed by atoms with E-state index >= 15 is 0 Å². The maximum Gasteiger partial charge on any atom is 0.125 e. The van der Waals surface area contributed by atoms with Gasteiger partial charge in [0.2, 0.25) is 0 Å². The molecule has 1 heterocycles. The lowest BCUT2D eigenvalue weighted by molar-refractivity contribution is 1.25. The van der Waals surface area contributed by atoms with E-state index in [1.165, 1.54) is 0 Å². The molecule has 0 unspecified atom stereocenters. The van der Waals surface area contributed by atoms with Crippen LogP contribution in [0, 0.1) is 11.3 Å². The van der Waals surface area contributed by atoms with Gasteiger partial charge in [-0.25, -0.2) is 4.98 Å². The number of nitriles is 1. The van der Waals surface area contributed by atoms with E-state index in [9.17, 15) is 5.26 Å². The fourth-order valence-electron chi connectivity index (χ4n) is 2.23. The molecule has 106 valence electrons. The van der Waals surface area contributed by atoms with Gasteiger partial charge in [-0.1, -0.05) is 58.4 Å². The summed E-state index contributed by atoms with van der Waals surface area (Å²) in [6.45, 7) is 0. The lowest BCUT2D eigenvalue weighted by Gasteiger charge is -2.10. The second-order valence-electron chi connectivity index (χ2n) is 4.71. The topological polar surface area (TPSA) is 36.7 Å². The van der Waals surface area contributed by atoms with Gasteiger partial charge in [0.05, 0.1) is 11.3 Å². The van der Waals surface area contributed by atoms with E-state index in [0.29, 0.717) is 10.2 Å². The molecular formula is C18H10Br2N2. The van der Waals surface area contributed by atoms with Crippen molar-refractivity contribution in [2.75, 3.05) is 0 Å². The van der Waals surface area contributed by atoms with Crippen molar-refractivity contribution in [1.29, 1.82) is 5.26 Å². The van der Waals surface area contributed by atoms with Crippen LogP contribution >= 0.6 is 31.9 Å². The fourth-order valence-corrected chi connectivity index (χ4v) is 2.99. The summed E-state index contributed by atoms with van der Waals surface area (Å²) in [6, 6.07) is 22.0. The summed E-state index contributed by atoms with van der Waals surface area (Å²) in [5.74, 6) is 0. The molecule has 2 nitrogen and oxygen atoms in total. The van der Waals surface area contributed by atoms with Crippen molar-refractivity contribution in [2.45, 2.75) is 0 Å². The zero-order valence-electron chi connectivity index (χ0n) is 11.4. The molecule has 0 spiro atoms. The molecule has 0 saturated carbocycles. The maximum absolute atomic E-state index is 9.45. The zero-order chi connectivity index (χ0) is 15.5. The minimum atomic E-state index is 0.544. The molecule has 0 N–H and O–H groups in total. The molecule has 4 heteroatoms. The van der Waals surface area contributed by atoms with Gasteiger partial charge in [0.25, 0.3) is 0 Å². The molecule has 0 radical (unpaired) electrons. The Morgan fingerprint density at radius 1 is 0.864 bits per heavy atom. The molecule has 3 rings (SSSR count). The first-order valence-corrected chi connectivity index (χ1v) is 8.19. The standard InChI is InChI=1S/C18H10Br2N2/c19-14-8-6-12(7-9-14)15-10-17(13-4-2-1-3-5-13)22-18(20)16(15)11-21/h1-10H. The van der Waals surface area contributed by atoms with Crippen molar-refractivity contribution in [1.82, 2.24) is 4.98 Å². The predicted molar refractivity (Wildman–Crippen MR) is 95.2 cm³/mol. The number of pyridine rings is 1. The second kappa shape index (κ2) is 6.43. The van der Waals surface area contributed by atoms with Crippen LogP contribution in [0.1, 0.15) is 5.56 Å². The summed E-state index contributed by atoms with van der Waals surface area (Å²) >= 11 is 6.86. The third-order valence-corrected chi connectivity index (χ3v) is 4.41. The second-order valence-corrected chi connectivity index (χ2v) is 6.37. The molecule has 0 bridgehead atoms. The van der Waals surface area contributed by atoms with Crippen molar-refractivity contribution in [3.63, 3.8) is 0 Å². The average molecular weight is 414 g/mol. The van der Waals surface area contributed by atoms with Crippen LogP contribution in [0.2, 0.25) is 0 Å². The monoisotopic (exact) mass is 412 g/mol. The molecule has 0 amide bonds. The quantitative estimate of drug-likeness (QED) is 0.497. The van der Waals surface area contributed by atoms with E-state index in [0.717, 1.165) is 26.9 Å². The van der Waals surface area contributed by atoms with Crippen molar-refractivity contribution >= 4 is 31.9 Å². The molecule has 22 heavy (non-hydrogen) atoms. The Morgan fingerprint density at radius 3 is 2.18 bits per heavy atom. The lowest BCUT2D eigenvalue weighted by Crippen LogP contribution is -1.93. The average Bonchev–Trinajstić information content (AvgIpc) is 2.55. The van der Waals surface area contributed by atoms with Crippen LogP contribution in [-0.4, -0.2) is 4.98 Å². The highest BCUT2D eigenvalue weighted by Crippen LogP contribution is 2.32. The zero-order valence-corrected chi connectivity index (χ0v) is 14.6. The molecule has 0 fully saturated rings. The Hall–Kier alpha value is -1.96. The van der Waals surface area contributed by atoms with Crippen LogP contribution in [-0.2, 0) is 0 Å². The first-order chi connectivity index (χ1) is 10.7. The third-order valence-electron chi connectivity index (χ3n) is 3.31. The summed E-state index contributed by atoms with van der Waals surface area (Å²) in [5, 5.41) is 9.45. The normalized spacial score (nSPS) is 10.2.